The average molecular weight is 278 g/mol. The van der Waals surface area contributed by atoms with Crippen LogP contribution in [0.25, 0.3) is 12.2 Å². The van der Waals surface area contributed by atoms with Crippen molar-refractivity contribution in [3.8, 4) is 11.8 Å². The van der Waals surface area contributed by atoms with Gasteiger partial charge in [-0.2, -0.15) is 0 Å². The topological polar surface area (TPSA) is 57.5 Å². The van der Waals surface area contributed by atoms with Gasteiger partial charge in [0.2, 0.25) is 0 Å². The standard InChI is InChI=1S/C18H14O3/c19-13-1-2-14-3-5-15(6-4-14)7-8-16-9-11-17(12-10-16)18(20)21/h3-12,19H,13H2,(H,20,21)/b8-7+. The van der Waals surface area contributed by atoms with Gasteiger partial charge in [-0.05, 0) is 35.4 Å². The van der Waals surface area contributed by atoms with Crippen molar-refractivity contribution in [2.24, 2.45) is 0 Å². The summed E-state index contributed by atoms with van der Waals surface area (Å²) in [7, 11) is 0. The van der Waals surface area contributed by atoms with Crippen LogP contribution in [0.3, 0.4) is 0 Å². The molecule has 0 amide bonds. The number of aliphatic hydroxyl groups excluding tert-OH is 1. The predicted octanol–water partition coefficient (Wildman–Crippen LogP) is 2.90. The summed E-state index contributed by atoms with van der Waals surface area (Å²) in [6.07, 6.45) is 3.86. The Morgan fingerprint density at radius 3 is 1.95 bits per heavy atom. The lowest BCUT2D eigenvalue weighted by Gasteiger charge is -1.97. The van der Waals surface area contributed by atoms with Crippen LogP contribution in [0, 0.1) is 11.8 Å². The van der Waals surface area contributed by atoms with Crippen molar-refractivity contribution in [1.29, 1.82) is 0 Å². The maximum absolute atomic E-state index is 10.8. The Morgan fingerprint density at radius 2 is 1.48 bits per heavy atom. The minimum absolute atomic E-state index is 0.145. The first-order chi connectivity index (χ1) is 10.2. The Kier molecular flexibility index (Phi) is 4.92. The highest BCUT2D eigenvalue weighted by molar-refractivity contribution is 5.88. The first-order valence-electron chi connectivity index (χ1n) is 6.40. The van der Waals surface area contributed by atoms with Crippen LogP contribution in [0.4, 0.5) is 0 Å². The number of hydrogen-bond acceptors (Lipinski definition) is 2. The van der Waals surface area contributed by atoms with E-state index in [-0.39, 0.29) is 12.2 Å². The van der Waals surface area contributed by atoms with Gasteiger partial charge >= 0.3 is 5.97 Å². The Morgan fingerprint density at radius 1 is 0.952 bits per heavy atom. The maximum Gasteiger partial charge on any atom is 0.335 e. The first kappa shape index (κ1) is 14.6. The van der Waals surface area contributed by atoms with Gasteiger partial charge in [-0.15, -0.1) is 0 Å². The number of benzene rings is 2. The number of carboxylic acids is 1. The summed E-state index contributed by atoms with van der Waals surface area (Å²) in [5.41, 5.74) is 3.09. The lowest BCUT2D eigenvalue weighted by atomic mass is 10.1. The van der Waals surface area contributed by atoms with Gasteiger partial charge < -0.3 is 10.2 Å². The van der Waals surface area contributed by atoms with Crippen molar-refractivity contribution in [3.05, 3.63) is 70.8 Å². The second-order valence-electron chi connectivity index (χ2n) is 4.34. The second kappa shape index (κ2) is 7.09. The predicted molar refractivity (Wildman–Crippen MR) is 82.7 cm³/mol. The Balaban J connectivity index is 2.08. The molecule has 2 rings (SSSR count). The summed E-state index contributed by atoms with van der Waals surface area (Å²) in [5, 5.41) is 17.5. The molecule has 0 radical (unpaired) electrons. The number of aliphatic hydroxyl groups is 1. The van der Waals surface area contributed by atoms with Gasteiger partial charge in [0.05, 0.1) is 5.56 Å². The van der Waals surface area contributed by atoms with Crippen LogP contribution in [0.5, 0.6) is 0 Å². The van der Waals surface area contributed by atoms with Gasteiger partial charge in [-0.25, -0.2) is 4.79 Å². The van der Waals surface area contributed by atoms with Gasteiger partial charge in [0.1, 0.15) is 6.61 Å². The molecule has 0 saturated heterocycles. The van der Waals surface area contributed by atoms with E-state index in [1.165, 1.54) is 0 Å². The molecular weight excluding hydrogens is 264 g/mol. The van der Waals surface area contributed by atoms with Crippen molar-refractivity contribution in [2.75, 3.05) is 6.61 Å². The fourth-order valence-electron chi connectivity index (χ4n) is 1.75. The van der Waals surface area contributed by atoms with Crippen LogP contribution in [0.15, 0.2) is 48.5 Å². The van der Waals surface area contributed by atoms with Crippen molar-refractivity contribution < 1.29 is 15.0 Å². The second-order valence-corrected chi connectivity index (χ2v) is 4.34. The van der Waals surface area contributed by atoms with Gasteiger partial charge in [0.25, 0.3) is 0 Å². The zero-order valence-electron chi connectivity index (χ0n) is 11.3. The van der Waals surface area contributed by atoms with E-state index in [0.29, 0.717) is 0 Å². The average Bonchev–Trinajstić information content (AvgIpc) is 2.52. The van der Waals surface area contributed by atoms with Crippen LogP contribution in [-0.4, -0.2) is 22.8 Å². The van der Waals surface area contributed by atoms with Crippen molar-refractivity contribution in [2.45, 2.75) is 0 Å². The molecule has 0 aliphatic carbocycles. The van der Waals surface area contributed by atoms with E-state index in [1.807, 2.05) is 36.4 Å². The minimum atomic E-state index is -0.926. The van der Waals surface area contributed by atoms with Gasteiger partial charge in [0, 0.05) is 5.56 Å². The summed E-state index contributed by atoms with van der Waals surface area (Å²) in [6.45, 7) is -0.145. The van der Waals surface area contributed by atoms with Crippen LogP contribution in [0.1, 0.15) is 27.0 Å². The summed E-state index contributed by atoms with van der Waals surface area (Å²) < 4.78 is 0. The highest BCUT2D eigenvalue weighted by Crippen LogP contribution is 2.11. The molecule has 3 heteroatoms. The van der Waals surface area contributed by atoms with Crippen LogP contribution >= 0.6 is 0 Å². The molecule has 2 N–H and O–H groups in total. The largest absolute Gasteiger partial charge is 0.478 e. The SMILES string of the molecule is O=C(O)c1ccc(/C=C/c2ccc(C#CCO)cc2)cc1. The summed E-state index contributed by atoms with van der Waals surface area (Å²) in [6, 6.07) is 14.3. The van der Waals surface area contributed by atoms with E-state index in [0.717, 1.165) is 16.7 Å². The smallest absolute Gasteiger partial charge is 0.335 e. The van der Waals surface area contributed by atoms with E-state index in [1.54, 1.807) is 24.3 Å². The molecule has 3 nitrogen and oxygen atoms in total. The molecular formula is C18H14O3. The van der Waals surface area contributed by atoms with E-state index >= 15 is 0 Å². The quantitative estimate of drug-likeness (QED) is 0.670. The zero-order chi connectivity index (χ0) is 15.1. The first-order valence-corrected chi connectivity index (χ1v) is 6.40. The lowest BCUT2D eigenvalue weighted by molar-refractivity contribution is 0.0697. The monoisotopic (exact) mass is 278 g/mol. The van der Waals surface area contributed by atoms with Crippen molar-refractivity contribution >= 4 is 18.1 Å². The number of carbonyl (C=O) groups is 1. The molecule has 2 aromatic carbocycles. The molecule has 0 spiro atoms. The maximum atomic E-state index is 10.8. The summed E-state index contributed by atoms with van der Waals surface area (Å²) in [5.74, 6) is 4.50. The molecule has 0 saturated carbocycles. The van der Waals surface area contributed by atoms with E-state index < -0.39 is 5.97 Å². The van der Waals surface area contributed by atoms with E-state index in [4.69, 9.17) is 10.2 Å². The highest BCUT2D eigenvalue weighted by Gasteiger charge is 1.99. The number of carboxylic acid groups (broad SMARTS) is 1. The Hall–Kier alpha value is -2.83. The Labute approximate surface area is 123 Å². The molecule has 0 bridgehead atoms. The van der Waals surface area contributed by atoms with Crippen molar-refractivity contribution in [3.63, 3.8) is 0 Å². The van der Waals surface area contributed by atoms with Gasteiger partial charge in [-0.1, -0.05) is 48.3 Å². The fourth-order valence-corrected chi connectivity index (χ4v) is 1.75. The normalized spacial score (nSPS) is 10.1. The van der Waals surface area contributed by atoms with Crippen LogP contribution in [-0.2, 0) is 0 Å². The van der Waals surface area contributed by atoms with Crippen LogP contribution in [0.2, 0.25) is 0 Å². The highest BCUT2D eigenvalue weighted by atomic mass is 16.4. The van der Waals surface area contributed by atoms with Crippen LogP contribution < -0.4 is 0 Å². The van der Waals surface area contributed by atoms with Crippen molar-refractivity contribution in [1.82, 2.24) is 0 Å². The third-order valence-electron chi connectivity index (χ3n) is 2.85. The molecule has 21 heavy (non-hydrogen) atoms. The summed E-state index contributed by atoms with van der Waals surface area (Å²) >= 11 is 0. The third-order valence-corrected chi connectivity index (χ3v) is 2.85. The van der Waals surface area contributed by atoms with Gasteiger partial charge in [0.15, 0.2) is 0 Å². The molecule has 2 aromatic rings. The Bertz CT molecular complexity index is 699. The minimum Gasteiger partial charge on any atom is -0.478 e. The fraction of sp³-hybridized carbons (Fsp3) is 0.0556. The number of hydrogen-bond donors (Lipinski definition) is 2. The van der Waals surface area contributed by atoms with Gasteiger partial charge in [-0.3, -0.25) is 0 Å². The molecule has 0 atom stereocenters. The number of aromatic carboxylic acids is 1. The lowest BCUT2D eigenvalue weighted by Crippen LogP contribution is -1.94. The molecule has 104 valence electrons. The molecule has 0 heterocycles. The molecule has 0 fully saturated rings. The van der Waals surface area contributed by atoms with E-state index in [9.17, 15) is 4.79 Å². The zero-order valence-corrected chi connectivity index (χ0v) is 11.3. The molecule has 0 aromatic heterocycles. The summed E-state index contributed by atoms with van der Waals surface area (Å²) in [4.78, 5) is 10.8. The van der Waals surface area contributed by atoms with E-state index in [2.05, 4.69) is 11.8 Å². The third kappa shape index (κ3) is 4.34. The number of rotatable bonds is 3. The molecule has 0 unspecified atom stereocenters. The molecule has 0 aliphatic rings. The molecule has 0 aliphatic heterocycles.